The first-order valence-electron chi connectivity index (χ1n) is 14.0. The Morgan fingerprint density at radius 3 is 2.23 bits per heavy atom. The van der Waals surface area contributed by atoms with Gasteiger partial charge in [0.2, 0.25) is 0 Å². The number of rotatable bonds is 6. The lowest BCUT2D eigenvalue weighted by Crippen LogP contribution is -2.66. The van der Waals surface area contributed by atoms with Crippen molar-refractivity contribution in [3.8, 4) is 0 Å². The Morgan fingerprint density at radius 1 is 1.08 bits per heavy atom. The summed E-state index contributed by atoms with van der Waals surface area (Å²) >= 11 is 0. The highest BCUT2D eigenvalue weighted by atomic mass is 16.4. The molecule has 4 aliphatic rings. The molecule has 0 aliphatic heterocycles. The normalized spacial score (nSPS) is 43.7. The maximum Gasteiger partial charge on any atom is 0.306 e. The zero-order chi connectivity index (χ0) is 29.7. The first kappa shape index (κ1) is 30.0. The van der Waals surface area contributed by atoms with Crippen molar-refractivity contribution in [2.75, 3.05) is 0 Å². The number of aliphatic hydroxyl groups is 4. The molecular formula is C30H44O9. The van der Waals surface area contributed by atoms with Gasteiger partial charge in [0.05, 0.1) is 29.1 Å². The maximum absolute atomic E-state index is 14.2. The lowest BCUT2D eigenvalue weighted by molar-refractivity contribution is -0.169. The Kier molecular flexibility index (Phi) is 6.95. The number of carboxylic acid groups (broad SMARTS) is 1. The quantitative estimate of drug-likeness (QED) is 0.334. The molecule has 0 spiro atoms. The third-order valence-electron chi connectivity index (χ3n) is 11.7. The highest BCUT2D eigenvalue weighted by molar-refractivity contribution is 6.08. The molecule has 9 nitrogen and oxygen atoms in total. The molecule has 5 N–H and O–H groups in total. The van der Waals surface area contributed by atoms with Gasteiger partial charge in [0.25, 0.3) is 0 Å². The monoisotopic (exact) mass is 548 g/mol. The molecule has 4 rings (SSSR count). The maximum atomic E-state index is 14.2. The average Bonchev–Trinajstić information content (AvgIpc) is 3.04. The van der Waals surface area contributed by atoms with Crippen LogP contribution in [0.15, 0.2) is 11.1 Å². The lowest BCUT2D eigenvalue weighted by atomic mass is 9.41. The number of carboxylic acids is 1. The zero-order valence-corrected chi connectivity index (χ0v) is 24.1. The molecular weight excluding hydrogens is 504 g/mol. The molecule has 0 radical (unpaired) electrons. The van der Waals surface area contributed by atoms with Gasteiger partial charge in [0.15, 0.2) is 5.78 Å². The molecule has 2 fully saturated rings. The molecule has 4 aliphatic carbocycles. The van der Waals surface area contributed by atoms with Crippen molar-refractivity contribution in [2.45, 2.75) is 111 Å². The number of Topliss-reactive ketones (excluding diaryl/α,β-unsaturated/α-hetero) is 3. The summed E-state index contributed by atoms with van der Waals surface area (Å²) in [6.45, 7) is 11.8. The molecule has 0 saturated heterocycles. The van der Waals surface area contributed by atoms with E-state index in [0.29, 0.717) is 18.4 Å². The van der Waals surface area contributed by atoms with Crippen LogP contribution in [0.5, 0.6) is 0 Å². The number of carbonyl (C=O) groups excluding carboxylic acids is 3. The van der Waals surface area contributed by atoms with Gasteiger partial charge in [-0.05, 0) is 55.4 Å². The van der Waals surface area contributed by atoms with E-state index in [4.69, 9.17) is 0 Å². The van der Waals surface area contributed by atoms with Crippen molar-refractivity contribution in [1.29, 1.82) is 0 Å². The minimum atomic E-state index is -1.82. The van der Waals surface area contributed by atoms with E-state index in [2.05, 4.69) is 0 Å². The van der Waals surface area contributed by atoms with Crippen molar-refractivity contribution >= 4 is 23.3 Å². The average molecular weight is 549 g/mol. The Labute approximate surface area is 229 Å². The molecule has 39 heavy (non-hydrogen) atoms. The lowest BCUT2D eigenvalue weighted by Gasteiger charge is -2.62. The number of aliphatic carboxylic acids is 1. The van der Waals surface area contributed by atoms with Crippen LogP contribution in [0.4, 0.5) is 0 Å². The van der Waals surface area contributed by atoms with Gasteiger partial charge in [-0.25, -0.2) is 0 Å². The Bertz CT molecular complexity index is 1150. The Hall–Kier alpha value is -1.94. The second kappa shape index (κ2) is 9.03. The molecule has 0 aromatic heterocycles. The van der Waals surface area contributed by atoms with Gasteiger partial charge in [0.1, 0.15) is 17.7 Å². The third kappa shape index (κ3) is 3.86. The van der Waals surface area contributed by atoms with E-state index in [1.54, 1.807) is 13.8 Å². The number of hydrogen-bond acceptors (Lipinski definition) is 8. The van der Waals surface area contributed by atoms with Gasteiger partial charge in [-0.15, -0.1) is 0 Å². The number of ketones is 3. The first-order valence-corrected chi connectivity index (χ1v) is 14.0. The minimum absolute atomic E-state index is 0.208. The summed E-state index contributed by atoms with van der Waals surface area (Å²) < 4.78 is 0. The topological polar surface area (TPSA) is 169 Å². The van der Waals surface area contributed by atoms with E-state index in [9.17, 15) is 44.7 Å². The highest BCUT2D eigenvalue weighted by Gasteiger charge is 2.74. The van der Waals surface area contributed by atoms with Crippen molar-refractivity contribution in [3.63, 3.8) is 0 Å². The van der Waals surface area contributed by atoms with E-state index in [-0.39, 0.29) is 36.5 Å². The van der Waals surface area contributed by atoms with Crippen molar-refractivity contribution in [2.24, 2.45) is 39.4 Å². The SMILES string of the molecule is C[C@@H](CC(=O)C[C@](C)(O)[C@H]1CC(=O)[C@@]2(C)C3=C(C(=O)[C@@H](O)[C@]12C)[C@@]1(C)CC[C@H](O)C(C)(C)[C@@H]1C[C@@H]3O)C(=O)O. The molecule has 0 unspecified atom stereocenters. The number of hydrogen-bond donors (Lipinski definition) is 5. The van der Waals surface area contributed by atoms with Crippen LogP contribution in [0.2, 0.25) is 0 Å². The number of aliphatic hydroxyl groups excluding tert-OH is 3. The van der Waals surface area contributed by atoms with Crippen LogP contribution in [0.1, 0.15) is 87.0 Å². The van der Waals surface area contributed by atoms with Gasteiger partial charge in [-0.2, -0.15) is 0 Å². The largest absolute Gasteiger partial charge is 0.481 e. The first-order chi connectivity index (χ1) is 17.7. The van der Waals surface area contributed by atoms with E-state index in [0.717, 1.165) is 0 Å². The van der Waals surface area contributed by atoms with Gasteiger partial charge < -0.3 is 25.5 Å². The van der Waals surface area contributed by atoms with Gasteiger partial charge in [0, 0.05) is 36.2 Å². The summed E-state index contributed by atoms with van der Waals surface area (Å²) in [5.74, 6) is -4.74. The molecule has 0 aromatic rings. The number of carbonyl (C=O) groups is 4. The molecule has 0 heterocycles. The second-order valence-electron chi connectivity index (χ2n) is 14.3. The van der Waals surface area contributed by atoms with Crippen LogP contribution in [0.25, 0.3) is 0 Å². The summed E-state index contributed by atoms with van der Waals surface area (Å²) in [4.78, 5) is 52.1. The minimum Gasteiger partial charge on any atom is -0.481 e. The van der Waals surface area contributed by atoms with Crippen molar-refractivity contribution < 1.29 is 44.7 Å². The number of fused-ring (bicyclic) bond motifs is 4. The van der Waals surface area contributed by atoms with E-state index >= 15 is 0 Å². The van der Waals surface area contributed by atoms with Crippen LogP contribution in [-0.4, -0.2) is 72.8 Å². The summed E-state index contributed by atoms with van der Waals surface area (Å²) in [5.41, 5.74) is -5.62. The van der Waals surface area contributed by atoms with Crippen LogP contribution < -0.4 is 0 Å². The molecule has 0 aromatic carbocycles. The zero-order valence-electron chi connectivity index (χ0n) is 24.1. The Morgan fingerprint density at radius 2 is 1.67 bits per heavy atom. The van der Waals surface area contributed by atoms with Crippen molar-refractivity contribution in [3.05, 3.63) is 11.1 Å². The predicted molar refractivity (Wildman–Crippen MR) is 140 cm³/mol. The molecule has 0 amide bonds. The smallest absolute Gasteiger partial charge is 0.306 e. The third-order valence-corrected chi connectivity index (χ3v) is 11.7. The van der Waals surface area contributed by atoms with Gasteiger partial charge in [-0.3, -0.25) is 19.2 Å². The van der Waals surface area contributed by atoms with Crippen LogP contribution >= 0.6 is 0 Å². The second-order valence-corrected chi connectivity index (χ2v) is 14.3. The molecule has 9 heteroatoms. The van der Waals surface area contributed by atoms with Crippen LogP contribution in [0.3, 0.4) is 0 Å². The van der Waals surface area contributed by atoms with E-state index < -0.39 is 81.4 Å². The molecule has 2 saturated carbocycles. The van der Waals surface area contributed by atoms with Crippen LogP contribution in [-0.2, 0) is 19.2 Å². The highest BCUT2D eigenvalue weighted by Crippen LogP contribution is 2.71. The Balaban J connectivity index is 1.83. The van der Waals surface area contributed by atoms with E-state index in [1.807, 2.05) is 20.8 Å². The summed E-state index contributed by atoms with van der Waals surface area (Å²) in [6.07, 6.45) is -3.25. The summed E-state index contributed by atoms with van der Waals surface area (Å²) in [6, 6.07) is 0. The fourth-order valence-electron chi connectivity index (χ4n) is 9.16. The molecule has 0 bridgehead atoms. The standard InChI is InChI=1S/C30H44O9/c1-14(25(37)38)10-15(31)13-28(5,39)18-12-20(34)30(7)21-16(32)11-17-26(2,3)19(33)8-9-27(17,4)22(21)23(35)24(36)29(18,30)6/h14,16-19,24,32-33,36,39H,8-13H2,1-7H3,(H,37,38)/t14-,16-,17-,18+,19-,24+,27-,28-,29-,30-/m0/s1. The van der Waals surface area contributed by atoms with Crippen molar-refractivity contribution in [1.82, 2.24) is 0 Å². The molecule has 10 atom stereocenters. The van der Waals surface area contributed by atoms with Gasteiger partial charge >= 0.3 is 5.97 Å². The van der Waals surface area contributed by atoms with Gasteiger partial charge in [-0.1, -0.05) is 34.6 Å². The fourth-order valence-corrected chi connectivity index (χ4v) is 9.16. The summed E-state index contributed by atoms with van der Waals surface area (Å²) in [5, 5.41) is 54.9. The summed E-state index contributed by atoms with van der Waals surface area (Å²) in [7, 11) is 0. The fraction of sp³-hybridized carbons (Fsp3) is 0.800. The van der Waals surface area contributed by atoms with Crippen LogP contribution in [0, 0.1) is 39.4 Å². The predicted octanol–water partition coefficient (Wildman–Crippen LogP) is 2.22. The molecule has 218 valence electrons. The van der Waals surface area contributed by atoms with E-state index in [1.165, 1.54) is 13.8 Å².